The Balaban J connectivity index is 1.73. The predicted molar refractivity (Wildman–Crippen MR) is 99.7 cm³/mol. The number of halogens is 2. The number of carbonyl (C=O) groups is 1. The molecule has 3 rings (SSSR count). The molecule has 7 heteroatoms. The zero-order valence-electron chi connectivity index (χ0n) is 13.8. The van der Waals surface area contributed by atoms with Crippen molar-refractivity contribution in [2.45, 2.75) is 18.9 Å². The second-order valence-electron chi connectivity index (χ2n) is 5.84. The van der Waals surface area contributed by atoms with Gasteiger partial charge in [-0.1, -0.05) is 23.2 Å². The molecular formula is C19H16Cl2N2O3. The SMILES string of the molecule is N#C/C(=C/c1ccc(-c2cc(Cl)ccc2Cl)o1)C(=O)NCC1CCCO1. The summed E-state index contributed by atoms with van der Waals surface area (Å²) in [6, 6.07) is 10.3. The van der Waals surface area contributed by atoms with Crippen LogP contribution in [0, 0.1) is 11.3 Å². The maximum atomic E-state index is 12.2. The average molecular weight is 391 g/mol. The summed E-state index contributed by atoms with van der Waals surface area (Å²) in [5.74, 6) is 0.419. The van der Waals surface area contributed by atoms with Crippen LogP contribution in [-0.2, 0) is 9.53 Å². The second-order valence-corrected chi connectivity index (χ2v) is 6.68. The maximum Gasteiger partial charge on any atom is 0.262 e. The molecular weight excluding hydrogens is 375 g/mol. The molecule has 1 atom stereocenters. The topological polar surface area (TPSA) is 75.3 Å². The van der Waals surface area contributed by atoms with E-state index < -0.39 is 5.91 Å². The van der Waals surface area contributed by atoms with Gasteiger partial charge in [0.2, 0.25) is 0 Å². The molecule has 1 saturated heterocycles. The van der Waals surface area contributed by atoms with Crippen LogP contribution in [0.15, 0.2) is 40.3 Å². The summed E-state index contributed by atoms with van der Waals surface area (Å²) < 4.78 is 11.1. The zero-order chi connectivity index (χ0) is 18.5. The van der Waals surface area contributed by atoms with E-state index in [1.807, 2.05) is 6.07 Å². The molecule has 0 radical (unpaired) electrons. The van der Waals surface area contributed by atoms with E-state index in [1.165, 1.54) is 6.08 Å². The van der Waals surface area contributed by atoms with Gasteiger partial charge < -0.3 is 14.5 Å². The Morgan fingerprint density at radius 2 is 2.19 bits per heavy atom. The minimum atomic E-state index is -0.457. The lowest BCUT2D eigenvalue weighted by Crippen LogP contribution is -2.32. The fourth-order valence-corrected chi connectivity index (χ4v) is 3.04. The Kier molecular flexibility index (Phi) is 6.00. The van der Waals surface area contributed by atoms with Crippen LogP contribution >= 0.6 is 23.2 Å². The normalized spacial score (nSPS) is 17.1. The van der Waals surface area contributed by atoms with Crippen molar-refractivity contribution in [1.29, 1.82) is 5.26 Å². The molecule has 26 heavy (non-hydrogen) atoms. The molecule has 2 heterocycles. The Bertz CT molecular complexity index is 877. The Labute approximate surface area is 161 Å². The van der Waals surface area contributed by atoms with Crippen LogP contribution in [0.5, 0.6) is 0 Å². The van der Waals surface area contributed by atoms with Gasteiger partial charge in [0, 0.05) is 29.8 Å². The van der Waals surface area contributed by atoms with E-state index in [9.17, 15) is 10.1 Å². The maximum absolute atomic E-state index is 12.2. The number of ether oxygens (including phenoxy) is 1. The average Bonchev–Trinajstić information content (AvgIpc) is 3.31. The first kappa shape index (κ1) is 18.5. The highest BCUT2D eigenvalue weighted by Gasteiger charge is 2.18. The van der Waals surface area contributed by atoms with Gasteiger partial charge in [0.25, 0.3) is 5.91 Å². The van der Waals surface area contributed by atoms with Gasteiger partial charge in [0.15, 0.2) is 0 Å². The van der Waals surface area contributed by atoms with Gasteiger partial charge in [0.05, 0.1) is 11.1 Å². The van der Waals surface area contributed by atoms with Crippen molar-refractivity contribution in [3.8, 4) is 17.4 Å². The summed E-state index contributed by atoms with van der Waals surface area (Å²) >= 11 is 12.2. The van der Waals surface area contributed by atoms with Crippen molar-refractivity contribution < 1.29 is 13.9 Å². The number of rotatable bonds is 5. The van der Waals surface area contributed by atoms with E-state index in [2.05, 4.69) is 5.32 Å². The molecule has 0 bridgehead atoms. The van der Waals surface area contributed by atoms with Gasteiger partial charge in [-0.2, -0.15) is 5.26 Å². The molecule has 0 saturated carbocycles. The first-order valence-corrected chi connectivity index (χ1v) is 8.89. The van der Waals surface area contributed by atoms with E-state index in [0.29, 0.717) is 40.3 Å². The number of furan rings is 1. The molecule has 1 aromatic heterocycles. The molecule has 1 fully saturated rings. The van der Waals surface area contributed by atoms with E-state index in [0.717, 1.165) is 12.8 Å². The molecule has 2 aromatic rings. The smallest absolute Gasteiger partial charge is 0.262 e. The van der Waals surface area contributed by atoms with Crippen molar-refractivity contribution in [3.05, 3.63) is 51.7 Å². The molecule has 0 aliphatic carbocycles. The van der Waals surface area contributed by atoms with E-state index in [4.69, 9.17) is 32.4 Å². The number of benzene rings is 1. The summed E-state index contributed by atoms with van der Waals surface area (Å²) in [6.07, 6.45) is 3.31. The van der Waals surface area contributed by atoms with Crippen LogP contribution in [0.3, 0.4) is 0 Å². The number of carbonyl (C=O) groups excluding carboxylic acids is 1. The first-order valence-electron chi connectivity index (χ1n) is 8.13. The number of hydrogen-bond donors (Lipinski definition) is 1. The third-order valence-electron chi connectivity index (χ3n) is 3.99. The van der Waals surface area contributed by atoms with E-state index in [-0.39, 0.29) is 11.7 Å². The van der Waals surface area contributed by atoms with Crippen molar-refractivity contribution in [2.75, 3.05) is 13.2 Å². The molecule has 1 aliphatic heterocycles. The largest absolute Gasteiger partial charge is 0.457 e. The third kappa shape index (κ3) is 4.47. The van der Waals surface area contributed by atoms with Crippen molar-refractivity contribution >= 4 is 35.2 Å². The van der Waals surface area contributed by atoms with E-state index >= 15 is 0 Å². The fraction of sp³-hybridized carbons (Fsp3) is 0.263. The lowest BCUT2D eigenvalue weighted by atomic mass is 10.2. The van der Waals surface area contributed by atoms with Crippen molar-refractivity contribution in [2.24, 2.45) is 0 Å². The highest BCUT2D eigenvalue weighted by atomic mass is 35.5. The van der Waals surface area contributed by atoms with Gasteiger partial charge in [-0.15, -0.1) is 0 Å². The molecule has 1 aromatic carbocycles. The van der Waals surface area contributed by atoms with Gasteiger partial charge in [-0.3, -0.25) is 4.79 Å². The van der Waals surface area contributed by atoms with Gasteiger partial charge in [-0.05, 0) is 43.2 Å². The molecule has 1 amide bonds. The number of nitrogens with zero attached hydrogens (tertiary/aromatic N) is 1. The van der Waals surface area contributed by atoms with Crippen LogP contribution in [-0.4, -0.2) is 25.2 Å². The number of nitriles is 1. The van der Waals surface area contributed by atoms with Gasteiger partial charge in [-0.25, -0.2) is 0 Å². The number of hydrogen-bond acceptors (Lipinski definition) is 4. The summed E-state index contributed by atoms with van der Waals surface area (Å²) in [6.45, 7) is 1.10. The lowest BCUT2D eigenvalue weighted by Gasteiger charge is -2.09. The highest BCUT2D eigenvalue weighted by Crippen LogP contribution is 2.32. The standard InChI is InChI=1S/C19H16Cl2N2O3/c20-13-3-5-17(21)16(9-13)18-6-4-14(26-18)8-12(10-22)19(24)23-11-15-2-1-7-25-15/h3-6,8-9,15H,1-2,7,11H2,(H,23,24)/b12-8-. The van der Waals surface area contributed by atoms with Crippen LogP contribution < -0.4 is 5.32 Å². The van der Waals surface area contributed by atoms with Crippen molar-refractivity contribution in [3.63, 3.8) is 0 Å². The van der Waals surface area contributed by atoms with Crippen LogP contribution in [0.1, 0.15) is 18.6 Å². The van der Waals surface area contributed by atoms with Crippen LogP contribution in [0.2, 0.25) is 10.0 Å². The molecule has 1 aliphatic rings. The molecule has 0 spiro atoms. The minimum absolute atomic E-state index is 0.0130. The Morgan fingerprint density at radius 3 is 2.92 bits per heavy atom. The molecule has 1 unspecified atom stereocenters. The number of amides is 1. The zero-order valence-corrected chi connectivity index (χ0v) is 15.3. The van der Waals surface area contributed by atoms with Crippen molar-refractivity contribution in [1.82, 2.24) is 5.32 Å². The summed E-state index contributed by atoms with van der Waals surface area (Å²) in [5, 5.41) is 13.0. The predicted octanol–water partition coefficient (Wildman–Crippen LogP) is 4.46. The van der Waals surface area contributed by atoms with E-state index in [1.54, 1.807) is 30.3 Å². The first-order chi connectivity index (χ1) is 12.6. The Hall–Kier alpha value is -2.26. The lowest BCUT2D eigenvalue weighted by molar-refractivity contribution is -0.117. The third-order valence-corrected chi connectivity index (χ3v) is 4.55. The van der Waals surface area contributed by atoms with Gasteiger partial charge in [0.1, 0.15) is 23.2 Å². The monoisotopic (exact) mass is 390 g/mol. The second kappa shape index (κ2) is 8.41. The minimum Gasteiger partial charge on any atom is -0.457 e. The summed E-state index contributed by atoms with van der Waals surface area (Å²) in [7, 11) is 0. The van der Waals surface area contributed by atoms with Gasteiger partial charge >= 0.3 is 0 Å². The van der Waals surface area contributed by atoms with Crippen LogP contribution in [0.25, 0.3) is 17.4 Å². The summed E-state index contributed by atoms with van der Waals surface area (Å²) in [4.78, 5) is 12.2. The fourth-order valence-electron chi connectivity index (χ4n) is 2.66. The molecule has 1 N–H and O–H groups in total. The molecule has 5 nitrogen and oxygen atoms in total. The van der Waals surface area contributed by atoms with Crippen LogP contribution in [0.4, 0.5) is 0 Å². The highest BCUT2D eigenvalue weighted by molar-refractivity contribution is 6.35. The summed E-state index contributed by atoms with van der Waals surface area (Å²) in [5.41, 5.74) is 0.598. The number of nitrogens with one attached hydrogen (secondary N) is 1. The molecule has 134 valence electrons. The quantitative estimate of drug-likeness (QED) is 0.603. The Morgan fingerprint density at radius 1 is 1.35 bits per heavy atom.